The van der Waals surface area contributed by atoms with Crippen LogP contribution in [0.5, 0.6) is 11.5 Å². The highest BCUT2D eigenvalue weighted by molar-refractivity contribution is 5.60. The summed E-state index contributed by atoms with van der Waals surface area (Å²) in [5.41, 5.74) is 4.85. The van der Waals surface area contributed by atoms with E-state index >= 15 is 0 Å². The third-order valence-corrected chi connectivity index (χ3v) is 3.81. The number of hydrogen-bond donors (Lipinski definition) is 2. The fourth-order valence-electron chi connectivity index (χ4n) is 2.51. The van der Waals surface area contributed by atoms with Crippen LogP contribution < -0.4 is 10.1 Å². The molecule has 104 valence electrons. The van der Waals surface area contributed by atoms with Gasteiger partial charge in [-0.05, 0) is 42.7 Å². The molecule has 2 N–H and O–H groups in total. The second kappa shape index (κ2) is 5.08. The second-order valence-electron chi connectivity index (χ2n) is 5.42. The molecule has 3 rings (SSSR count). The average Bonchev–Trinajstić information content (AvgIpc) is 2.42. The van der Waals surface area contributed by atoms with Gasteiger partial charge in [0.15, 0.2) is 0 Å². The van der Waals surface area contributed by atoms with Crippen LogP contribution in [0.1, 0.15) is 16.7 Å². The molecule has 2 aromatic carbocycles. The van der Waals surface area contributed by atoms with Crippen LogP contribution in [0.15, 0.2) is 36.4 Å². The molecule has 20 heavy (non-hydrogen) atoms. The molecular weight excluding hydrogens is 250 g/mol. The summed E-state index contributed by atoms with van der Waals surface area (Å²) in [7, 11) is 0. The largest absolute Gasteiger partial charge is 0.508 e. The summed E-state index contributed by atoms with van der Waals surface area (Å²) < 4.78 is 5.96. The van der Waals surface area contributed by atoms with Crippen LogP contribution in [0.4, 0.5) is 5.69 Å². The van der Waals surface area contributed by atoms with Gasteiger partial charge in [0.2, 0.25) is 0 Å². The first kappa shape index (κ1) is 12.9. The van der Waals surface area contributed by atoms with Crippen molar-refractivity contribution in [2.45, 2.75) is 26.4 Å². The van der Waals surface area contributed by atoms with E-state index in [1.165, 1.54) is 16.7 Å². The maximum Gasteiger partial charge on any atom is 0.146 e. The summed E-state index contributed by atoms with van der Waals surface area (Å²) in [6.07, 6.45) is 0.954. The van der Waals surface area contributed by atoms with E-state index < -0.39 is 0 Å². The Morgan fingerprint density at radius 2 is 2.00 bits per heavy atom. The maximum atomic E-state index is 9.52. The highest BCUT2D eigenvalue weighted by Gasteiger charge is 2.20. The summed E-state index contributed by atoms with van der Waals surface area (Å²) in [5.74, 6) is 0.961. The number of aryl methyl sites for hydroxylation is 2. The summed E-state index contributed by atoms with van der Waals surface area (Å²) in [6, 6.07) is 11.7. The van der Waals surface area contributed by atoms with Gasteiger partial charge >= 0.3 is 0 Å². The minimum atomic E-state index is 0.0893. The van der Waals surface area contributed by atoms with Gasteiger partial charge in [0.1, 0.15) is 17.6 Å². The summed E-state index contributed by atoms with van der Waals surface area (Å²) in [4.78, 5) is 0. The first-order chi connectivity index (χ1) is 9.61. The van der Waals surface area contributed by atoms with Gasteiger partial charge in [-0.15, -0.1) is 0 Å². The molecular formula is C17H19NO2. The Kier molecular flexibility index (Phi) is 3.26. The molecule has 0 fully saturated rings. The monoisotopic (exact) mass is 269 g/mol. The molecule has 2 aromatic rings. The van der Waals surface area contributed by atoms with Crippen molar-refractivity contribution in [1.82, 2.24) is 0 Å². The molecule has 3 heteroatoms. The molecule has 1 atom stereocenters. The zero-order chi connectivity index (χ0) is 14.1. The van der Waals surface area contributed by atoms with E-state index in [1.807, 2.05) is 6.07 Å². The van der Waals surface area contributed by atoms with E-state index in [-0.39, 0.29) is 11.9 Å². The van der Waals surface area contributed by atoms with E-state index in [4.69, 9.17) is 4.74 Å². The Morgan fingerprint density at radius 3 is 2.80 bits per heavy atom. The van der Waals surface area contributed by atoms with Crippen LogP contribution in [-0.4, -0.2) is 17.8 Å². The minimum absolute atomic E-state index is 0.0893. The van der Waals surface area contributed by atoms with Crippen molar-refractivity contribution in [3.63, 3.8) is 0 Å². The fraction of sp³-hybridized carbons (Fsp3) is 0.294. The van der Waals surface area contributed by atoms with Gasteiger partial charge in [-0.1, -0.05) is 18.2 Å². The molecule has 1 unspecified atom stereocenters. The first-order valence-corrected chi connectivity index (χ1v) is 6.91. The van der Waals surface area contributed by atoms with Crippen molar-refractivity contribution >= 4 is 5.69 Å². The van der Waals surface area contributed by atoms with Crippen LogP contribution >= 0.6 is 0 Å². The molecule has 0 bridgehead atoms. The lowest BCUT2D eigenvalue weighted by Crippen LogP contribution is -2.32. The van der Waals surface area contributed by atoms with Crippen LogP contribution in [-0.2, 0) is 6.42 Å². The van der Waals surface area contributed by atoms with Gasteiger partial charge in [-0.3, -0.25) is 0 Å². The van der Waals surface area contributed by atoms with Crippen molar-refractivity contribution in [3.05, 3.63) is 53.1 Å². The lowest BCUT2D eigenvalue weighted by Gasteiger charge is -2.27. The molecule has 0 spiro atoms. The van der Waals surface area contributed by atoms with Crippen LogP contribution in [0.3, 0.4) is 0 Å². The minimum Gasteiger partial charge on any atom is -0.508 e. The van der Waals surface area contributed by atoms with Gasteiger partial charge in [-0.25, -0.2) is 0 Å². The highest BCUT2D eigenvalue weighted by atomic mass is 16.5. The van der Waals surface area contributed by atoms with Gasteiger partial charge < -0.3 is 15.2 Å². The number of nitrogens with one attached hydrogen (secondary N) is 1. The van der Waals surface area contributed by atoms with E-state index in [0.717, 1.165) is 24.4 Å². The summed E-state index contributed by atoms with van der Waals surface area (Å²) in [5, 5.41) is 12.9. The van der Waals surface area contributed by atoms with Crippen molar-refractivity contribution in [1.29, 1.82) is 0 Å². The second-order valence-corrected chi connectivity index (χ2v) is 5.42. The molecule has 1 aliphatic rings. The van der Waals surface area contributed by atoms with Gasteiger partial charge in [0, 0.05) is 12.5 Å². The molecule has 1 heterocycles. The van der Waals surface area contributed by atoms with Gasteiger partial charge in [0.25, 0.3) is 0 Å². The Labute approximate surface area is 119 Å². The Bertz CT molecular complexity index is 637. The number of fused-ring (bicyclic) bond motifs is 1. The van der Waals surface area contributed by atoms with Crippen LogP contribution in [0.25, 0.3) is 0 Å². The molecule has 0 saturated carbocycles. The molecule has 0 aliphatic carbocycles. The fourth-order valence-corrected chi connectivity index (χ4v) is 2.51. The molecule has 0 aromatic heterocycles. The maximum absolute atomic E-state index is 9.52. The zero-order valence-corrected chi connectivity index (χ0v) is 11.8. The van der Waals surface area contributed by atoms with Crippen LogP contribution in [0.2, 0.25) is 0 Å². The normalized spacial score (nSPS) is 17.0. The van der Waals surface area contributed by atoms with E-state index in [1.54, 1.807) is 12.1 Å². The third kappa shape index (κ3) is 2.57. The van der Waals surface area contributed by atoms with Crippen molar-refractivity contribution in [3.8, 4) is 11.5 Å². The Hall–Kier alpha value is -2.16. The predicted octanol–water partition coefficient (Wildman–Crippen LogP) is 3.42. The Balaban J connectivity index is 1.75. The standard InChI is InChI=1S/C17H19NO2/c1-11-3-4-13(7-12(11)2)8-15-10-18-16-6-5-14(19)9-17(16)20-15/h3-7,9,15,18-19H,8,10H2,1-2H3. The predicted molar refractivity (Wildman–Crippen MR) is 80.6 cm³/mol. The highest BCUT2D eigenvalue weighted by Crippen LogP contribution is 2.32. The summed E-state index contributed by atoms with van der Waals surface area (Å²) >= 11 is 0. The first-order valence-electron chi connectivity index (χ1n) is 6.91. The van der Waals surface area contributed by atoms with Crippen molar-refractivity contribution in [2.24, 2.45) is 0 Å². The number of phenolic OH excluding ortho intramolecular Hbond substituents is 1. The van der Waals surface area contributed by atoms with E-state index in [2.05, 4.69) is 37.4 Å². The molecule has 0 radical (unpaired) electrons. The zero-order valence-electron chi connectivity index (χ0n) is 11.8. The van der Waals surface area contributed by atoms with E-state index in [0.29, 0.717) is 0 Å². The molecule has 0 amide bonds. The number of anilines is 1. The number of aromatic hydroxyl groups is 1. The SMILES string of the molecule is Cc1ccc(CC2CNc3ccc(O)cc3O2)cc1C. The number of hydrogen-bond acceptors (Lipinski definition) is 3. The van der Waals surface area contributed by atoms with E-state index in [9.17, 15) is 5.11 Å². The average molecular weight is 269 g/mol. The van der Waals surface area contributed by atoms with Gasteiger partial charge in [-0.2, -0.15) is 0 Å². The third-order valence-electron chi connectivity index (χ3n) is 3.81. The lowest BCUT2D eigenvalue weighted by molar-refractivity contribution is 0.205. The van der Waals surface area contributed by atoms with Gasteiger partial charge in [0.05, 0.1) is 12.2 Å². The van der Waals surface area contributed by atoms with Crippen LogP contribution in [0, 0.1) is 13.8 Å². The summed E-state index contributed by atoms with van der Waals surface area (Å²) in [6.45, 7) is 5.04. The number of rotatable bonds is 2. The number of ether oxygens (including phenoxy) is 1. The smallest absolute Gasteiger partial charge is 0.146 e. The Morgan fingerprint density at radius 1 is 1.15 bits per heavy atom. The lowest BCUT2D eigenvalue weighted by atomic mass is 10.0. The number of benzene rings is 2. The topological polar surface area (TPSA) is 41.5 Å². The van der Waals surface area contributed by atoms with Crippen molar-refractivity contribution < 1.29 is 9.84 Å². The molecule has 0 saturated heterocycles. The number of phenols is 1. The quantitative estimate of drug-likeness (QED) is 0.821. The molecule has 1 aliphatic heterocycles. The molecule has 3 nitrogen and oxygen atoms in total. The van der Waals surface area contributed by atoms with Crippen molar-refractivity contribution in [2.75, 3.05) is 11.9 Å².